The summed E-state index contributed by atoms with van der Waals surface area (Å²) in [6.45, 7) is 7.91. The molecule has 0 aliphatic rings. The molecule has 0 radical (unpaired) electrons. The van der Waals surface area contributed by atoms with E-state index in [0.717, 1.165) is 42.4 Å². The Morgan fingerprint density at radius 3 is 2.30 bits per heavy atom. The van der Waals surface area contributed by atoms with Gasteiger partial charge in [0.15, 0.2) is 11.7 Å². The summed E-state index contributed by atoms with van der Waals surface area (Å²) in [6, 6.07) is 19.5. The van der Waals surface area contributed by atoms with Crippen LogP contribution in [-0.2, 0) is 4.79 Å². The number of hydrogen-bond donors (Lipinski definition) is 0. The molecule has 158 valence electrons. The number of ether oxygens (including phenoxy) is 1. The van der Waals surface area contributed by atoms with Crippen molar-refractivity contribution < 1.29 is 9.53 Å². The van der Waals surface area contributed by atoms with Gasteiger partial charge in [0.05, 0.1) is 5.69 Å². The Balaban J connectivity index is 1.71. The summed E-state index contributed by atoms with van der Waals surface area (Å²) in [5.41, 5.74) is 1.94. The number of benzene rings is 2. The summed E-state index contributed by atoms with van der Waals surface area (Å²) in [7, 11) is 0. The van der Waals surface area contributed by atoms with E-state index in [0.29, 0.717) is 12.3 Å². The fourth-order valence-electron chi connectivity index (χ4n) is 3.19. The predicted molar refractivity (Wildman–Crippen MR) is 124 cm³/mol. The maximum atomic E-state index is 13.0. The Morgan fingerprint density at radius 2 is 1.63 bits per heavy atom. The van der Waals surface area contributed by atoms with E-state index in [1.54, 1.807) is 4.90 Å². The van der Waals surface area contributed by atoms with Crippen LogP contribution in [0.1, 0.15) is 20.3 Å². The van der Waals surface area contributed by atoms with Crippen LogP contribution in [0.25, 0.3) is 11.3 Å². The maximum Gasteiger partial charge on any atom is 0.266 e. The van der Waals surface area contributed by atoms with Crippen molar-refractivity contribution in [3.8, 4) is 17.0 Å². The number of nitrogens with zero attached hydrogens (tertiary/aromatic N) is 3. The first-order valence-corrected chi connectivity index (χ1v) is 11.3. The van der Waals surface area contributed by atoms with Crippen molar-refractivity contribution >= 4 is 22.4 Å². The molecule has 0 atom stereocenters. The second-order valence-electron chi connectivity index (χ2n) is 6.91. The molecular formula is C24H29N3O2S. The average Bonchev–Trinajstić information content (AvgIpc) is 3.29. The normalized spacial score (nSPS) is 10.9. The van der Waals surface area contributed by atoms with Crippen molar-refractivity contribution in [2.24, 2.45) is 0 Å². The minimum absolute atomic E-state index is 0.00443. The molecule has 2 aromatic carbocycles. The van der Waals surface area contributed by atoms with Crippen LogP contribution in [0.2, 0.25) is 0 Å². The molecule has 0 N–H and O–H groups in total. The van der Waals surface area contributed by atoms with Gasteiger partial charge in [0.25, 0.3) is 5.91 Å². The standard InChI is InChI=1S/C24H29N3O2S/c1-3-26(4-2)16-11-17-27(23(28)18-29-21-14-9-6-10-15-21)24-25-22(19-30-24)20-12-7-5-8-13-20/h5-10,12-15,19H,3-4,11,16-18H2,1-2H3. The Labute approximate surface area is 182 Å². The molecule has 30 heavy (non-hydrogen) atoms. The van der Waals surface area contributed by atoms with Crippen molar-refractivity contribution in [2.45, 2.75) is 20.3 Å². The highest BCUT2D eigenvalue weighted by Crippen LogP contribution is 2.27. The molecular weight excluding hydrogens is 394 g/mol. The first kappa shape index (κ1) is 22.0. The largest absolute Gasteiger partial charge is 0.484 e. The number of anilines is 1. The molecule has 1 aromatic heterocycles. The van der Waals surface area contributed by atoms with Gasteiger partial charge in [0, 0.05) is 17.5 Å². The summed E-state index contributed by atoms with van der Waals surface area (Å²) in [4.78, 5) is 21.9. The number of thiazole rings is 1. The van der Waals surface area contributed by atoms with Crippen LogP contribution < -0.4 is 9.64 Å². The molecule has 1 amide bonds. The van der Waals surface area contributed by atoms with E-state index < -0.39 is 0 Å². The van der Waals surface area contributed by atoms with Crippen LogP contribution in [-0.4, -0.2) is 48.6 Å². The van der Waals surface area contributed by atoms with Crippen LogP contribution in [0.5, 0.6) is 5.75 Å². The third-order valence-electron chi connectivity index (χ3n) is 4.95. The fraction of sp³-hybridized carbons (Fsp3) is 0.333. The highest BCUT2D eigenvalue weighted by Gasteiger charge is 2.20. The summed E-state index contributed by atoms with van der Waals surface area (Å²) in [5, 5.41) is 2.72. The summed E-state index contributed by atoms with van der Waals surface area (Å²) in [5.74, 6) is 0.616. The summed E-state index contributed by atoms with van der Waals surface area (Å²) >= 11 is 1.50. The molecule has 3 aromatic rings. The van der Waals surface area contributed by atoms with Crippen molar-refractivity contribution in [2.75, 3.05) is 37.7 Å². The lowest BCUT2D eigenvalue weighted by molar-refractivity contribution is -0.120. The Hall–Kier alpha value is -2.70. The number of carbonyl (C=O) groups is 1. The highest BCUT2D eigenvalue weighted by atomic mass is 32.1. The molecule has 0 aliphatic heterocycles. The monoisotopic (exact) mass is 423 g/mol. The van der Waals surface area contributed by atoms with Gasteiger partial charge in [-0.05, 0) is 38.2 Å². The van der Waals surface area contributed by atoms with Gasteiger partial charge in [-0.25, -0.2) is 4.98 Å². The van der Waals surface area contributed by atoms with E-state index in [-0.39, 0.29) is 12.5 Å². The van der Waals surface area contributed by atoms with Gasteiger partial charge in [-0.2, -0.15) is 0 Å². The lowest BCUT2D eigenvalue weighted by Gasteiger charge is -2.23. The molecule has 5 nitrogen and oxygen atoms in total. The van der Waals surface area contributed by atoms with Crippen LogP contribution in [0.15, 0.2) is 66.0 Å². The third kappa shape index (κ3) is 6.15. The number of rotatable bonds is 11. The van der Waals surface area contributed by atoms with E-state index in [2.05, 4.69) is 18.7 Å². The molecule has 3 rings (SSSR count). The molecule has 0 saturated heterocycles. The number of amides is 1. The highest BCUT2D eigenvalue weighted by molar-refractivity contribution is 7.14. The first-order valence-electron chi connectivity index (χ1n) is 10.4. The van der Waals surface area contributed by atoms with Gasteiger partial charge in [0.1, 0.15) is 5.75 Å². The third-order valence-corrected chi connectivity index (χ3v) is 5.81. The van der Waals surface area contributed by atoms with E-state index >= 15 is 0 Å². The zero-order valence-electron chi connectivity index (χ0n) is 17.7. The molecule has 0 saturated carbocycles. The Kier molecular flexibility index (Phi) is 8.41. The second kappa shape index (κ2) is 11.5. The van der Waals surface area contributed by atoms with E-state index in [9.17, 15) is 4.79 Å². The van der Waals surface area contributed by atoms with Crippen molar-refractivity contribution in [3.05, 3.63) is 66.0 Å². The van der Waals surface area contributed by atoms with Gasteiger partial charge in [-0.3, -0.25) is 9.69 Å². The molecule has 0 unspecified atom stereocenters. The van der Waals surface area contributed by atoms with Crippen LogP contribution in [0.4, 0.5) is 5.13 Å². The van der Waals surface area contributed by atoms with E-state index in [1.807, 2.05) is 66.0 Å². The topological polar surface area (TPSA) is 45.7 Å². The minimum atomic E-state index is -0.0765. The molecule has 1 heterocycles. The number of hydrogen-bond acceptors (Lipinski definition) is 5. The van der Waals surface area contributed by atoms with Gasteiger partial charge in [-0.15, -0.1) is 11.3 Å². The number of aromatic nitrogens is 1. The van der Waals surface area contributed by atoms with Gasteiger partial charge < -0.3 is 9.64 Å². The Morgan fingerprint density at radius 1 is 0.967 bits per heavy atom. The van der Waals surface area contributed by atoms with Crippen molar-refractivity contribution in [1.82, 2.24) is 9.88 Å². The fourth-order valence-corrected chi connectivity index (χ4v) is 4.07. The summed E-state index contributed by atoms with van der Waals surface area (Å²) < 4.78 is 5.71. The maximum absolute atomic E-state index is 13.0. The lowest BCUT2D eigenvalue weighted by atomic mass is 10.2. The zero-order valence-corrected chi connectivity index (χ0v) is 18.5. The van der Waals surface area contributed by atoms with E-state index in [1.165, 1.54) is 11.3 Å². The van der Waals surface area contributed by atoms with E-state index in [4.69, 9.17) is 9.72 Å². The summed E-state index contributed by atoms with van der Waals surface area (Å²) in [6.07, 6.45) is 0.888. The molecule has 0 fully saturated rings. The zero-order chi connectivity index (χ0) is 21.2. The number of carbonyl (C=O) groups excluding carboxylic acids is 1. The van der Waals surface area contributed by atoms with Crippen molar-refractivity contribution in [1.29, 1.82) is 0 Å². The molecule has 0 bridgehead atoms. The predicted octanol–water partition coefficient (Wildman–Crippen LogP) is 4.95. The van der Waals surface area contributed by atoms with Crippen molar-refractivity contribution in [3.63, 3.8) is 0 Å². The molecule has 6 heteroatoms. The molecule has 0 spiro atoms. The average molecular weight is 424 g/mol. The Bertz CT molecular complexity index is 895. The smallest absolute Gasteiger partial charge is 0.266 e. The minimum Gasteiger partial charge on any atom is -0.484 e. The van der Waals surface area contributed by atoms with Crippen LogP contribution in [0, 0.1) is 0 Å². The van der Waals surface area contributed by atoms with Gasteiger partial charge in [-0.1, -0.05) is 62.4 Å². The first-order chi connectivity index (χ1) is 14.7. The quantitative estimate of drug-likeness (QED) is 0.438. The van der Waals surface area contributed by atoms with Crippen LogP contribution in [0.3, 0.4) is 0 Å². The van der Waals surface area contributed by atoms with Gasteiger partial charge in [0.2, 0.25) is 0 Å². The lowest BCUT2D eigenvalue weighted by Crippen LogP contribution is -2.37. The SMILES string of the molecule is CCN(CC)CCCN(C(=O)COc1ccccc1)c1nc(-c2ccccc2)cs1. The molecule has 0 aliphatic carbocycles. The van der Waals surface area contributed by atoms with Gasteiger partial charge >= 0.3 is 0 Å². The second-order valence-corrected chi connectivity index (χ2v) is 7.75. The number of para-hydroxylation sites is 1. The van der Waals surface area contributed by atoms with Crippen LogP contribution >= 0.6 is 11.3 Å².